The lowest BCUT2D eigenvalue weighted by Gasteiger charge is -2.18. The van der Waals surface area contributed by atoms with Crippen molar-refractivity contribution in [2.75, 3.05) is 5.32 Å². The first kappa shape index (κ1) is 14.3. The molecule has 2 rings (SSSR count). The molecule has 0 bridgehead atoms. The molecule has 2 N–H and O–H groups in total. The summed E-state index contributed by atoms with van der Waals surface area (Å²) in [4.78, 5) is 12.3. The zero-order chi connectivity index (χ0) is 13.7. The van der Waals surface area contributed by atoms with Crippen molar-refractivity contribution in [1.29, 1.82) is 0 Å². The molecule has 0 amide bonds. The highest BCUT2D eigenvalue weighted by molar-refractivity contribution is 8.00. The maximum atomic E-state index is 11.1. The third kappa shape index (κ3) is 3.90. The topological polar surface area (TPSA) is 49.3 Å². The van der Waals surface area contributed by atoms with Gasteiger partial charge in [-0.05, 0) is 31.4 Å². The molecular weight excluding hydrogens is 258 g/mol. The van der Waals surface area contributed by atoms with Gasteiger partial charge in [0, 0.05) is 15.8 Å². The number of anilines is 1. The molecule has 1 fully saturated rings. The lowest BCUT2D eigenvalue weighted by Crippen LogP contribution is -2.28. The van der Waals surface area contributed by atoms with Gasteiger partial charge in [-0.1, -0.05) is 31.9 Å². The number of carbonyl (C=O) groups is 1. The predicted octanol–water partition coefficient (Wildman–Crippen LogP) is 4.00. The van der Waals surface area contributed by atoms with Crippen molar-refractivity contribution in [3.63, 3.8) is 0 Å². The van der Waals surface area contributed by atoms with Crippen molar-refractivity contribution in [1.82, 2.24) is 0 Å². The summed E-state index contributed by atoms with van der Waals surface area (Å²) >= 11 is 1.89. The second-order valence-electron chi connectivity index (χ2n) is 4.96. The van der Waals surface area contributed by atoms with Gasteiger partial charge in [0.1, 0.15) is 6.04 Å². The van der Waals surface area contributed by atoms with Crippen LogP contribution >= 0.6 is 11.8 Å². The van der Waals surface area contributed by atoms with Gasteiger partial charge in [0.05, 0.1) is 0 Å². The first-order valence-corrected chi connectivity index (χ1v) is 7.83. The molecule has 1 aliphatic carbocycles. The Morgan fingerprint density at radius 3 is 2.74 bits per heavy atom. The maximum absolute atomic E-state index is 11.1. The second-order valence-corrected chi connectivity index (χ2v) is 6.31. The lowest BCUT2D eigenvalue weighted by molar-refractivity contribution is -0.137. The molecule has 0 aromatic heterocycles. The number of para-hydroxylation sites is 1. The first-order valence-electron chi connectivity index (χ1n) is 6.95. The molecule has 19 heavy (non-hydrogen) atoms. The second kappa shape index (κ2) is 6.85. The van der Waals surface area contributed by atoms with E-state index < -0.39 is 12.0 Å². The van der Waals surface area contributed by atoms with Crippen LogP contribution in [0.5, 0.6) is 0 Å². The standard InChI is InChI=1S/C15H21NO2S/c1-2-12(15(17)18)16-13-9-5-6-10-14(13)19-11-7-3-4-8-11/h5-6,9-12,16H,2-4,7-8H2,1H3,(H,17,18). The minimum atomic E-state index is -0.789. The molecule has 1 aliphatic rings. The number of rotatable bonds is 6. The van der Waals surface area contributed by atoms with E-state index in [2.05, 4.69) is 11.4 Å². The minimum Gasteiger partial charge on any atom is -0.480 e. The summed E-state index contributed by atoms with van der Waals surface area (Å²) in [5.74, 6) is -0.789. The van der Waals surface area contributed by atoms with Crippen LogP contribution in [0.1, 0.15) is 39.0 Å². The number of benzene rings is 1. The van der Waals surface area contributed by atoms with E-state index in [0.29, 0.717) is 11.7 Å². The van der Waals surface area contributed by atoms with Crippen LogP contribution in [0.2, 0.25) is 0 Å². The molecule has 104 valence electrons. The molecule has 0 spiro atoms. The van der Waals surface area contributed by atoms with Crippen molar-refractivity contribution < 1.29 is 9.90 Å². The van der Waals surface area contributed by atoms with Crippen LogP contribution in [0.25, 0.3) is 0 Å². The van der Waals surface area contributed by atoms with Crippen LogP contribution in [0, 0.1) is 0 Å². The normalized spacial score (nSPS) is 17.3. The average molecular weight is 279 g/mol. The number of carboxylic acid groups (broad SMARTS) is 1. The summed E-state index contributed by atoms with van der Waals surface area (Å²) in [5.41, 5.74) is 0.952. The minimum absolute atomic E-state index is 0.509. The molecule has 0 aliphatic heterocycles. The molecular formula is C15H21NO2S. The van der Waals surface area contributed by atoms with Crippen molar-refractivity contribution in [3.8, 4) is 0 Å². The Morgan fingerprint density at radius 1 is 1.42 bits per heavy atom. The number of nitrogens with one attached hydrogen (secondary N) is 1. The monoisotopic (exact) mass is 279 g/mol. The Balaban J connectivity index is 2.08. The number of hydrogen-bond donors (Lipinski definition) is 2. The summed E-state index contributed by atoms with van der Waals surface area (Å²) < 4.78 is 0. The van der Waals surface area contributed by atoms with E-state index in [-0.39, 0.29) is 0 Å². The average Bonchev–Trinajstić information content (AvgIpc) is 2.90. The summed E-state index contributed by atoms with van der Waals surface area (Å²) in [6.45, 7) is 1.89. The van der Waals surface area contributed by atoms with E-state index >= 15 is 0 Å². The third-order valence-corrected chi connectivity index (χ3v) is 4.93. The fraction of sp³-hybridized carbons (Fsp3) is 0.533. The Bertz CT molecular complexity index is 430. The molecule has 0 radical (unpaired) electrons. The number of hydrogen-bond acceptors (Lipinski definition) is 3. The Morgan fingerprint density at radius 2 is 2.11 bits per heavy atom. The molecule has 1 atom stereocenters. The largest absolute Gasteiger partial charge is 0.480 e. The van der Waals surface area contributed by atoms with Crippen LogP contribution in [0.15, 0.2) is 29.2 Å². The van der Waals surface area contributed by atoms with Gasteiger partial charge in [0.2, 0.25) is 0 Å². The molecule has 0 saturated heterocycles. The summed E-state index contributed by atoms with van der Waals surface area (Å²) in [7, 11) is 0. The number of aliphatic carboxylic acids is 1. The van der Waals surface area contributed by atoms with Gasteiger partial charge in [-0.3, -0.25) is 0 Å². The van der Waals surface area contributed by atoms with Gasteiger partial charge in [-0.25, -0.2) is 4.79 Å². The fourth-order valence-corrected chi connectivity index (χ4v) is 3.74. The van der Waals surface area contributed by atoms with E-state index in [4.69, 9.17) is 5.11 Å². The first-order chi connectivity index (χ1) is 9.20. The van der Waals surface area contributed by atoms with E-state index in [9.17, 15) is 4.79 Å². The van der Waals surface area contributed by atoms with Gasteiger partial charge < -0.3 is 10.4 Å². The SMILES string of the molecule is CCC(Nc1ccccc1SC1CCCC1)C(=O)O. The maximum Gasteiger partial charge on any atom is 0.326 e. The quantitative estimate of drug-likeness (QED) is 0.826. The highest BCUT2D eigenvalue weighted by Crippen LogP contribution is 2.38. The Kier molecular flexibility index (Phi) is 5.14. The molecule has 0 heterocycles. The summed E-state index contributed by atoms with van der Waals surface area (Å²) in [6, 6.07) is 7.52. The van der Waals surface area contributed by atoms with E-state index in [1.807, 2.05) is 36.9 Å². The van der Waals surface area contributed by atoms with Crippen LogP contribution in [-0.4, -0.2) is 22.4 Å². The van der Waals surface area contributed by atoms with E-state index in [1.54, 1.807) is 0 Å². The molecule has 1 saturated carbocycles. The van der Waals surface area contributed by atoms with E-state index in [0.717, 1.165) is 5.69 Å². The van der Waals surface area contributed by atoms with Crippen LogP contribution in [0.4, 0.5) is 5.69 Å². The zero-order valence-electron chi connectivity index (χ0n) is 11.3. The summed E-state index contributed by atoms with van der Waals surface area (Å²) in [5, 5.41) is 13.0. The Labute approximate surface area is 118 Å². The van der Waals surface area contributed by atoms with Gasteiger partial charge in [0.15, 0.2) is 0 Å². The van der Waals surface area contributed by atoms with Crippen molar-refractivity contribution in [2.45, 2.75) is 55.2 Å². The smallest absolute Gasteiger partial charge is 0.326 e. The lowest BCUT2D eigenvalue weighted by atomic mass is 10.2. The molecule has 1 aromatic carbocycles. The van der Waals surface area contributed by atoms with Crippen LogP contribution < -0.4 is 5.32 Å². The van der Waals surface area contributed by atoms with Crippen molar-refractivity contribution in [3.05, 3.63) is 24.3 Å². The fourth-order valence-electron chi connectivity index (χ4n) is 2.40. The van der Waals surface area contributed by atoms with Crippen LogP contribution in [0.3, 0.4) is 0 Å². The van der Waals surface area contributed by atoms with Crippen molar-refractivity contribution >= 4 is 23.4 Å². The molecule has 1 unspecified atom stereocenters. The van der Waals surface area contributed by atoms with Gasteiger partial charge in [-0.15, -0.1) is 11.8 Å². The van der Waals surface area contributed by atoms with Gasteiger partial charge in [0.25, 0.3) is 0 Å². The van der Waals surface area contributed by atoms with Gasteiger partial charge in [-0.2, -0.15) is 0 Å². The van der Waals surface area contributed by atoms with Crippen molar-refractivity contribution in [2.24, 2.45) is 0 Å². The summed E-state index contributed by atoms with van der Waals surface area (Å²) in [6.07, 6.45) is 5.77. The van der Waals surface area contributed by atoms with Gasteiger partial charge >= 0.3 is 5.97 Å². The number of thioether (sulfide) groups is 1. The Hall–Kier alpha value is -1.16. The third-order valence-electron chi connectivity index (χ3n) is 3.52. The van der Waals surface area contributed by atoms with Crippen LogP contribution in [-0.2, 0) is 4.79 Å². The molecule has 4 heteroatoms. The zero-order valence-corrected chi connectivity index (χ0v) is 12.1. The predicted molar refractivity (Wildman–Crippen MR) is 79.9 cm³/mol. The molecule has 3 nitrogen and oxygen atoms in total. The van der Waals surface area contributed by atoms with E-state index in [1.165, 1.54) is 30.6 Å². The molecule has 1 aromatic rings. The highest BCUT2D eigenvalue weighted by atomic mass is 32.2. The number of carboxylic acids is 1. The highest BCUT2D eigenvalue weighted by Gasteiger charge is 2.20.